The van der Waals surface area contributed by atoms with Gasteiger partial charge in [-0.1, -0.05) is 59.8 Å². The van der Waals surface area contributed by atoms with Crippen molar-refractivity contribution in [3.05, 3.63) is 118 Å². The maximum Gasteiger partial charge on any atom is 0.177 e. The summed E-state index contributed by atoms with van der Waals surface area (Å²) < 4.78 is 17.8. The number of hydrogen-bond donors (Lipinski definition) is 4. The molecule has 65 heavy (non-hydrogen) atoms. The zero-order chi connectivity index (χ0) is 46.2. The number of aryl methyl sites for hydroxylation is 2. The zero-order valence-electron chi connectivity index (χ0n) is 37.5. The number of rotatable bonds is 16. The van der Waals surface area contributed by atoms with Gasteiger partial charge in [-0.25, -0.2) is 23.4 Å². The quantitative estimate of drug-likeness (QED) is 0.0684. The number of nitrogens with one attached hydrogen (secondary N) is 2. The molecule has 3 aromatic carbocycles. The van der Waals surface area contributed by atoms with Crippen molar-refractivity contribution in [1.29, 1.82) is 0 Å². The Morgan fingerprint density at radius 3 is 1.66 bits per heavy atom. The molecule has 0 saturated heterocycles. The molecule has 2 aliphatic carbocycles. The third kappa shape index (κ3) is 11.4. The van der Waals surface area contributed by atoms with Crippen LogP contribution >= 0.6 is 23.4 Å². The second-order valence-electron chi connectivity index (χ2n) is 18.6. The Morgan fingerprint density at radius 1 is 0.723 bits per heavy atom. The standard InChI is InChI=1S/C28H29FN4O2S.C22H25ClN4O2/c1-17-12-19(10-11-20(17)24(34)13-18-8-9-18)23-15-30-27-22(31-16-28(2,3)35)14-26(32-33(23)27)36-25-7-5-4-6-21(25)29;1-13-8-15(6-7-16(13)19(28)9-14-4-5-14)18-11-24-21-17(25-12-22(2,3)29)10-20(23)26-27(18)21/h4-7,10-12,14-15,18,31,35H,8-9,13,16H2,1-3H3;6-8,10-11,14,25,29H,4-5,9,12H2,1-3H3. The minimum atomic E-state index is -0.936. The molecule has 2 fully saturated rings. The molecule has 0 aliphatic heterocycles. The molecule has 2 saturated carbocycles. The van der Waals surface area contributed by atoms with Crippen molar-refractivity contribution in [2.75, 3.05) is 23.7 Å². The summed E-state index contributed by atoms with van der Waals surface area (Å²) in [6, 6.07) is 21.7. The number of halogens is 2. The highest BCUT2D eigenvalue weighted by Crippen LogP contribution is 2.37. The van der Waals surface area contributed by atoms with Gasteiger partial charge in [-0.3, -0.25) is 9.59 Å². The summed E-state index contributed by atoms with van der Waals surface area (Å²) in [7, 11) is 0. The maximum absolute atomic E-state index is 14.4. The number of fused-ring (bicyclic) bond motifs is 2. The van der Waals surface area contributed by atoms with Crippen LogP contribution in [0.3, 0.4) is 0 Å². The number of ketones is 2. The van der Waals surface area contributed by atoms with Gasteiger partial charge in [0, 0.05) is 59.1 Å². The van der Waals surface area contributed by atoms with E-state index in [1.54, 1.807) is 73.4 Å². The summed E-state index contributed by atoms with van der Waals surface area (Å²) in [6.45, 7) is 11.5. The van der Waals surface area contributed by atoms with Gasteiger partial charge in [0.15, 0.2) is 28.0 Å². The van der Waals surface area contributed by atoms with Gasteiger partial charge in [0.1, 0.15) is 10.8 Å². The average Bonchev–Trinajstić information content (AvgIpc) is 4.16. The number of carbonyl (C=O) groups is 2. The SMILES string of the molecule is Cc1cc(-c2cnc3c(NCC(C)(C)O)cc(Cl)nn23)ccc1C(=O)CC1CC1.Cc1cc(-c2cnc3c(NCC(C)(C)O)cc(Sc4ccccc4F)nn23)ccc1C(=O)CC1CC1. The van der Waals surface area contributed by atoms with Gasteiger partial charge in [-0.15, -0.1) is 0 Å². The molecule has 4 heterocycles. The lowest BCUT2D eigenvalue weighted by atomic mass is 9.98. The van der Waals surface area contributed by atoms with E-state index in [-0.39, 0.29) is 17.4 Å². The summed E-state index contributed by atoms with van der Waals surface area (Å²) in [6.07, 6.45) is 9.38. The Kier molecular flexibility index (Phi) is 13.2. The highest BCUT2D eigenvalue weighted by atomic mass is 35.5. The van der Waals surface area contributed by atoms with Gasteiger partial charge in [0.25, 0.3) is 0 Å². The average molecular weight is 918 g/mol. The first-order valence-electron chi connectivity index (χ1n) is 22.0. The lowest BCUT2D eigenvalue weighted by Crippen LogP contribution is -2.29. The molecular formula is C50H54ClFN8O4S. The van der Waals surface area contributed by atoms with Crippen LogP contribution in [-0.4, -0.2) is 75.3 Å². The molecule has 0 radical (unpaired) electrons. The third-order valence-electron chi connectivity index (χ3n) is 11.3. The maximum atomic E-state index is 14.4. The van der Waals surface area contributed by atoms with Gasteiger partial charge in [-0.2, -0.15) is 10.2 Å². The van der Waals surface area contributed by atoms with Crippen LogP contribution in [0.5, 0.6) is 0 Å². The van der Waals surface area contributed by atoms with Crippen LogP contribution in [0.25, 0.3) is 33.8 Å². The van der Waals surface area contributed by atoms with E-state index in [9.17, 15) is 24.2 Å². The smallest absolute Gasteiger partial charge is 0.177 e. The van der Waals surface area contributed by atoms with Gasteiger partial charge < -0.3 is 20.8 Å². The van der Waals surface area contributed by atoms with Crippen LogP contribution < -0.4 is 10.6 Å². The molecule has 7 aromatic rings. The van der Waals surface area contributed by atoms with Gasteiger partial charge >= 0.3 is 0 Å². The first-order chi connectivity index (χ1) is 30.9. The molecule has 4 N–H and O–H groups in total. The van der Waals surface area contributed by atoms with E-state index in [1.807, 2.05) is 56.3 Å². The lowest BCUT2D eigenvalue weighted by molar-refractivity contribution is 0.0939. The highest BCUT2D eigenvalue weighted by molar-refractivity contribution is 7.99. The van der Waals surface area contributed by atoms with Crippen LogP contribution in [0.15, 0.2) is 95.1 Å². The first kappa shape index (κ1) is 45.9. The molecule has 338 valence electrons. The van der Waals surface area contributed by atoms with Crippen LogP contribution in [0.4, 0.5) is 15.8 Å². The summed E-state index contributed by atoms with van der Waals surface area (Å²) in [5.41, 5.74) is 7.57. The monoisotopic (exact) mass is 916 g/mol. The molecule has 9 rings (SSSR count). The molecule has 0 amide bonds. The minimum Gasteiger partial charge on any atom is -0.389 e. The number of imidazole rings is 2. The predicted molar refractivity (Wildman–Crippen MR) is 255 cm³/mol. The van der Waals surface area contributed by atoms with Gasteiger partial charge in [0.2, 0.25) is 0 Å². The fourth-order valence-electron chi connectivity index (χ4n) is 7.51. The van der Waals surface area contributed by atoms with Crippen molar-refractivity contribution in [3.63, 3.8) is 0 Å². The van der Waals surface area contributed by atoms with E-state index < -0.39 is 11.2 Å². The molecule has 12 nitrogen and oxygen atoms in total. The molecule has 15 heteroatoms. The molecule has 0 unspecified atom stereocenters. The summed E-state index contributed by atoms with van der Waals surface area (Å²) in [5, 5.41) is 36.8. The normalized spacial score (nSPS) is 14.1. The van der Waals surface area contributed by atoms with Crippen molar-refractivity contribution in [2.24, 2.45) is 11.8 Å². The molecule has 2 aliphatic rings. The number of anilines is 2. The van der Waals surface area contributed by atoms with Gasteiger partial charge in [-0.05, 0) is 121 Å². The first-order valence-corrected chi connectivity index (χ1v) is 23.1. The van der Waals surface area contributed by atoms with Crippen molar-refractivity contribution in [1.82, 2.24) is 29.2 Å². The summed E-state index contributed by atoms with van der Waals surface area (Å²) in [4.78, 5) is 34.7. The van der Waals surface area contributed by atoms with E-state index in [2.05, 4.69) is 25.7 Å². The number of benzene rings is 3. The molecular weight excluding hydrogens is 863 g/mol. The van der Waals surface area contributed by atoms with Crippen molar-refractivity contribution >= 4 is 57.6 Å². The number of hydrogen-bond acceptors (Lipinski definition) is 11. The Morgan fingerprint density at radius 2 is 1.20 bits per heavy atom. The Balaban J connectivity index is 0.000000181. The topological polar surface area (TPSA) is 159 Å². The largest absolute Gasteiger partial charge is 0.389 e. The van der Waals surface area contributed by atoms with E-state index in [1.165, 1.54) is 30.7 Å². The molecule has 0 spiro atoms. The van der Waals surface area contributed by atoms with Gasteiger partial charge in [0.05, 0.1) is 46.4 Å². The van der Waals surface area contributed by atoms with Crippen LogP contribution in [-0.2, 0) is 0 Å². The van der Waals surface area contributed by atoms with E-state index >= 15 is 0 Å². The Labute approximate surface area is 387 Å². The second-order valence-corrected chi connectivity index (χ2v) is 20.0. The third-order valence-corrected chi connectivity index (χ3v) is 12.5. The summed E-state index contributed by atoms with van der Waals surface area (Å²) in [5.74, 6) is 1.21. The van der Waals surface area contributed by atoms with Crippen LogP contribution in [0, 0.1) is 31.5 Å². The van der Waals surface area contributed by atoms with Crippen LogP contribution in [0.1, 0.15) is 98.1 Å². The number of nitrogens with zero attached hydrogens (tertiary/aromatic N) is 6. The number of Topliss-reactive ketones (excluding diaryl/α,β-unsaturated/α-hetero) is 2. The fraction of sp³-hybridized carbons (Fsp3) is 0.360. The predicted octanol–water partition coefficient (Wildman–Crippen LogP) is 10.7. The minimum absolute atomic E-state index is 0.194. The Bertz CT molecular complexity index is 2910. The zero-order valence-corrected chi connectivity index (χ0v) is 39.0. The molecule has 4 aromatic heterocycles. The fourth-order valence-corrected chi connectivity index (χ4v) is 8.53. The van der Waals surface area contributed by atoms with E-state index in [0.29, 0.717) is 75.5 Å². The van der Waals surface area contributed by atoms with Crippen molar-refractivity contribution in [3.8, 4) is 22.5 Å². The highest BCUT2D eigenvalue weighted by Gasteiger charge is 2.27. The number of aliphatic hydroxyl groups is 2. The second kappa shape index (κ2) is 18.7. The molecule has 0 atom stereocenters. The number of carbonyl (C=O) groups excluding carboxylic acids is 2. The summed E-state index contributed by atoms with van der Waals surface area (Å²) >= 11 is 7.46. The van der Waals surface area contributed by atoms with Crippen molar-refractivity contribution in [2.45, 2.75) is 101 Å². The lowest BCUT2D eigenvalue weighted by Gasteiger charge is -2.19. The van der Waals surface area contributed by atoms with Crippen molar-refractivity contribution < 1.29 is 24.2 Å². The van der Waals surface area contributed by atoms with E-state index in [4.69, 9.17) is 16.7 Å². The Hall–Kier alpha value is -5.67. The van der Waals surface area contributed by atoms with E-state index in [0.717, 1.165) is 57.6 Å². The van der Waals surface area contributed by atoms with Crippen LogP contribution in [0.2, 0.25) is 5.15 Å². The molecule has 0 bridgehead atoms. The number of aromatic nitrogens is 6.